The summed E-state index contributed by atoms with van der Waals surface area (Å²) in [5.74, 6) is 1.40. The molecule has 2 N–H and O–H groups in total. The number of likely N-dealkylation sites (N-methyl/N-ethyl adjacent to an activating group) is 1. The molecule has 11 heteroatoms. The molecule has 7 rings (SSSR count). The molecule has 1 aliphatic carbocycles. The molecular weight excluding hydrogens is 496 g/mol. The summed E-state index contributed by atoms with van der Waals surface area (Å²) in [6, 6.07) is 11.8. The molecule has 1 saturated heterocycles. The molecule has 0 bridgehead atoms. The van der Waals surface area contributed by atoms with E-state index in [1.165, 1.54) is 16.6 Å². The van der Waals surface area contributed by atoms with Crippen LogP contribution >= 0.6 is 0 Å². The Kier molecular flexibility index (Phi) is 5.46. The van der Waals surface area contributed by atoms with Gasteiger partial charge in [0.05, 0.1) is 6.54 Å². The molecule has 1 aromatic carbocycles. The minimum Gasteiger partial charge on any atom is -0.482 e. The molecular formula is C28H30N8O3. The van der Waals surface area contributed by atoms with E-state index in [2.05, 4.69) is 45.9 Å². The Morgan fingerprint density at radius 2 is 1.90 bits per heavy atom. The van der Waals surface area contributed by atoms with Crippen molar-refractivity contribution in [1.29, 1.82) is 0 Å². The van der Waals surface area contributed by atoms with Crippen molar-refractivity contribution in [3.05, 3.63) is 71.3 Å². The number of nitrogens with one attached hydrogen (secondary N) is 1. The number of anilines is 3. The van der Waals surface area contributed by atoms with Crippen molar-refractivity contribution in [2.75, 3.05) is 43.4 Å². The number of allylic oxidation sites excluding steroid dienone is 1. The van der Waals surface area contributed by atoms with Gasteiger partial charge < -0.3 is 25.0 Å². The Hall–Kier alpha value is -4.22. The minimum atomic E-state index is -0.797. The van der Waals surface area contributed by atoms with Crippen LogP contribution < -0.4 is 20.5 Å². The maximum atomic E-state index is 13.3. The first-order chi connectivity index (χ1) is 19.0. The van der Waals surface area contributed by atoms with E-state index in [1.54, 1.807) is 22.9 Å². The quantitative estimate of drug-likeness (QED) is 0.366. The van der Waals surface area contributed by atoms with E-state index in [1.807, 2.05) is 12.1 Å². The SMILES string of the molecule is C=CCn1c(=O)c2cnc(Nc3ccc(N4CCN(C)CC4)cc3)nc2n1-c1ccc2c(n1)C(O)C1(CC1)O2. The van der Waals surface area contributed by atoms with Gasteiger partial charge in [-0.2, -0.15) is 4.98 Å². The normalized spacial score (nSPS) is 19.7. The molecule has 200 valence electrons. The highest BCUT2D eigenvalue weighted by molar-refractivity contribution is 5.77. The van der Waals surface area contributed by atoms with Crippen molar-refractivity contribution < 1.29 is 9.84 Å². The van der Waals surface area contributed by atoms with Crippen molar-refractivity contribution >= 4 is 28.4 Å². The van der Waals surface area contributed by atoms with Crippen molar-refractivity contribution in [2.45, 2.75) is 31.1 Å². The molecule has 11 nitrogen and oxygen atoms in total. The van der Waals surface area contributed by atoms with Crippen molar-refractivity contribution in [1.82, 2.24) is 29.2 Å². The monoisotopic (exact) mass is 526 g/mol. The number of ether oxygens (including phenoxy) is 1. The fourth-order valence-electron chi connectivity index (χ4n) is 5.43. The van der Waals surface area contributed by atoms with Crippen LogP contribution in [0.3, 0.4) is 0 Å². The molecule has 2 fully saturated rings. The van der Waals surface area contributed by atoms with Gasteiger partial charge in [-0.15, -0.1) is 6.58 Å². The van der Waals surface area contributed by atoms with Gasteiger partial charge in [0.2, 0.25) is 5.95 Å². The van der Waals surface area contributed by atoms with Crippen LogP contribution in [0.1, 0.15) is 24.6 Å². The van der Waals surface area contributed by atoms with Gasteiger partial charge in [0.25, 0.3) is 5.56 Å². The number of pyridine rings is 1. The van der Waals surface area contributed by atoms with Crippen LogP contribution in [0.2, 0.25) is 0 Å². The van der Waals surface area contributed by atoms with E-state index < -0.39 is 11.7 Å². The first-order valence-electron chi connectivity index (χ1n) is 13.2. The van der Waals surface area contributed by atoms with Gasteiger partial charge in [-0.05, 0) is 56.3 Å². The zero-order valence-corrected chi connectivity index (χ0v) is 21.7. The van der Waals surface area contributed by atoms with Gasteiger partial charge in [-0.1, -0.05) is 6.08 Å². The number of aromatic nitrogens is 5. The number of aliphatic hydroxyl groups is 1. The summed E-state index contributed by atoms with van der Waals surface area (Å²) in [4.78, 5) is 31.9. The number of benzene rings is 1. The Morgan fingerprint density at radius 1 is 1.13 bits per heavy atom. The van der Waals surface area contributed by atoms with E-state index in [4.69, 9.17) is 14.7 Å². The summed E-state index contributed by atoms with van der Waals surface area (Å²) < 4.78 is 9.15. The molecule has 0 radical (unpaired) electrons. The minimum absolute atomic E-state index is 0.245. The van der Waals surface area contributed by atoms with E-state index in [0.717, 1.165) is 44.7 Å². The Bertz CT molecular complexity index is 1630. The number of piperazine rings is 1. The average molecular weight is 527 g/mol. The summed E-state index contributed by atoms with van der Waals surface area (Å²) in [7, 11) is 2.15. The second-order valence-electron chi connectivity index (χ2n) is 10.5. The molecule has 1 atom stereocenters. The van der Waals surface area contributed by atoms with Crippen LogP contribution in [0, 0.1) is 0 Å². The maximum absolute atomic E-state index is 13.3. The maximum Gasteiger partial charge on any atom is 0.278 e. The fraction of sp³-hybridized carbons (Fsp3) is 0.357. The van der Waals surface area contributed by atoms with Gasteiger partial charge in [-0.25, -0.2) is 19.3 Å². The lowest BCUT2D eigenvalue weighted by molar-refractivity contribution is 0.0473. The van der Waals surface area contributed by atoms with E-state index in [9.17, 15) is 9.90 Å². The Balaban J connectivity index is 1.23. The molecule has 3 aliphatic rings. The molecule has 5 heterocycles. The number of hydrogen-bond donors (Lipinski definition) is 2. The highest BCUT2D eigenvalue weighted by Gasteiger charge is 2.58. The number of aliphatic hydroxyl groups excluding tert-OH is 1. The molecule has 2 aliphatic heterocycles. The van der Waals surface area contributed by atoms with E-state index in [0.29, 0.717) is 34.2 Å². The van der Waals surface area contributed by atoms with E-state index >= 15 is 0 Å². The Labute approximate surface area is 225 Å². The summed E-state index contributed by atoms with van der Waals surface area (Å²) in [5.41, 5.74) is 2.13. The second-order valence-corrected chi connectivity index (χ2v) is 10.5. The molecule has 0 amide bonds. The van der Waals surface area contributed by atoms with Crippen LogP contribution in [-0.4, -0.2) is 73.1 Å². The summed E-state index contributed by atoms with van der Waals surface area (Å²) in [6.07, 6.45) is 3.98. The predicted molar refractivity (Wildman–Crippen MR) is 148 cm³/mol. The van der Waals surface area contributed by atoms with Gasteiger partial charge in [0, 0.05) is 43.8 Å². The van der Waals surface area contributed by atoms with Crippen LogP contribution in [-0.2, 0) is 6.54 Å². The third kappa shape index (κ3) is 3.96. The van der Waals surface area contributed by atoms with Gasteiger partial charge in [-0.3, -0.25) is 4.79 Å². The number of fused-ring (bicyclic) bond motifs is 2. The topological polar surface area (TPSA) is 114 Å². The van der Waals surface area contributed by atoms with Gasteiger partial charge in [0.15, 0.2) is 11.5 Å². The smallest absolute Gasteiger partial charge is 0.278 e. The number of rotatable bonds is 6. The lowest BCUT2D eigenvalue weighted by atomic mass is 10.1. The molecule has 1 spiro atoms. The lowest BCUT2D eigenvalue weighted by Gasteiger charge is -2.34. The third-order valence-electron chi connectivity index (χ3n) is 7.87. The van der Waals surface area contributed by atoms with E-state index in [-0.39, 0.29) is 12.1 Å². The summed E-state index contributed by atoms with van der Waals surface area (Å²) >= 11 is 0. The average Bonchev–Trinajstić information content (AvgIpc) is 3.62. The number of hydrogen-bond acceptors (Lipinski definition) is 9. The molecule has 39 heavy (non-hydrogen) atoms. The third-order valence-corrected chi connectivity index (χ3v) is 7.87. The number of nitrogens with zero attached hydrogens (tertiary/aromatic N) is 7. The lowest BCUT2D eigenvalue weighted by Crippen LogP contribution is -2.44. The van der Waals surface area contributed by atoms with Crippen LogP contribution in [0.4, 0.5) is 17.3 Å². The molecule has 1 saturated carbocycles. The zero-order chi connectivity index (χ0) is 26.7. The zero-order valence-electron chi connectivity index (χ0n) is 21.7. The summed E-state index contributed by atoms with van der Waals surface area (Å²) in [5, 5.41) is 14.5. The van der Waals surface area contributed by atoms with Crippen molar-refractivity contribution in [3.63, 3.8) is 0 Å². The van der Waals surface area contributed by atoms with Crippen LogP contribution in [0.15, 0.2) is 60.0 Å². The van der Waals surface area contributed by atoms with Crippen molar-refractivity contribution in [2.24, 2.45) is 0 Å². The Morgan fingerprint density at radius 3 is 2.62 bits per heavy atom. The molecule has 4 aromatic rings. The fourth-order valence-corrected chi connectivity index (χ4v) is 5.43. The highest BCUT2D eigenvalue weighted by atomic mass is 16.5. The van der Waals surface area contributed by atoms with Crippen LogP contribution in [0.5, 0.6) is 5.75 Å². The largest absolute Gasteiger partial charge is 0.482 e. The standard InChI is InChI=1S/C28H30N8O3/c1-3-12-35-26(38)20-17-29-27(30-18-4-6-19(7-5-18)34-15-13-33(2)14-16-34)32-25(20)36(35)22-9-8-21-23(31-22)24(37)28(39-21)10-11-28/h3-9,17,24,37H,1,10-16H2,2H3,(H,29,30,32). The predicted octanol–water partition coefficient (Wildman–Crippen LogP) is 2.62. The highest BCUT2D eigenvalue weighted by Crippen LogP contribution is 2.55. The van der Waals surface area contributed by atoms with Crippen LogP contribution in [0.25, 0.3) is 16.9 Å². The second kappa shape index (κ2) is 8.92. The van der Waals surface area contributed by atoms with Crippen molar-refractivity contribution in [3.8, 4) is 11.6 Å². The van der Waals surface area contributed by atoms with Gasteiger partial charge in [0.1, 0.15) is 28.5 Å². The first kappa shape index (κ1) is 23.9. The summed E-state index contributed by atoms with van der Waals surface area (Å²) in [6.45, 7) is 8.17. The van der Waals surface area contributed by atoms with Gasteiger partial charge >= 0.3 is 0 Å². The molecule has 3 aromatic heterocycles. The first-order valence-corrected chi connectivity index (χ1v) is 13.2. The molecule has 1 unspecified atom stereocenters.